The first-order valence-corrected chi connectivity index (χ1v) is 14.3. The van der Waals surface area contributed by atoms with Crippen molar-refractivity contribution < 1.29 is 9.59 Å². The molecule has 4 rings (SSSR count). The van der Waals surface area contributed by atoms with Crippen LogP contribution >= 0.6 is 27.5 Å². The minimum Gasteiger partial charge on any atom is -0.352 e. The summed E-state index contributed by atoms with van der Waals surface area (Å²) in [6.45, 7) is 0.358. The molecule has 1 atom stereocenters. The second-order valence-corrected chi connectivity index (χ2v) is 11.1. The minimum atomic E-state index is -0.609. The number of nitrogens with one attached hydrogen (secondary N) is 1. The Labute approximate surface area is 233 Å². The number of carbonyl (C=O) groups is 2. The van der Waals surface area contributed by atoms with Crippen LogP contribution in [0.25, 0.3) is 0 Å². The van der Waals surface area contributed by atoms with Gasteiger partial charge in [-0.1, -0.05) is 107 Å². The number of benzene rings is 3. The number of halogens is 2. The van der Waals surface area contributed by atoms with E-state index in [1.807, 2.05) is 78.9 Å². The molecule has 37 heavy (non-hydrogen) atoms. The van der Waals surface area contributed by atoms with E-state index in [4.69, 9.17) is 11.6 Å². The fourth-order valence-corrected chi connectivity index (χ4v) is 5.69. The Bertz CT molecular complexity index is 1180. The molecule has 1 unspecified atom stereocenters. The topological polar surface area (TPSA) is 49.4 Å². The highest BCUT2D eigenvalue weighted by Crippen LogP contribution is 2.22. The quantitative estimate of drug-likeness (QED) is 0.277. The molecule has 1 saturated carbocycles. The van der Waals surface area contributed by atoms with Crippen LogP contribution < -0.4 is 5.32 Å². The molecule has 0 saturated heterocycles. The monoisotopic (exact) mass is 580 g/mol. The van der Waals surface area contributed by atoms with Crippen LogP contribution in [0.1, 0.15) is 55.2 Å². The highest BCUT2D eigenvalue weighted by atomic mass is 79.9. The van der Waals surface area contributed by atoms with Crippen molar-refractivity contribution in [2.45, 2.75) is 70.0 Å². The normalized spacial score (nSPS) is 14.6. The van der Waals surface area contributed by atoms with E-state index in [0.717, 1.165) is 46.8 Å². The minimum absolute atomic E-state index is 0.0559. The molecule has 6 heteroatoms. The zero-order chi connectivity index (χ0) is 26.0. The molecule has 1 N–H and O–H groups in total. The summed E-state index contributed by atoms with van der Waals surface area (Å²) in [5, 5.41) is 3.95. The third-order valence-electron chi connectivity index (χ3n) is 7.03. The summed E-state index contributed by atoms with van der Waals surface area (Å²) in [7, 11) is 0. The highest BCUT2D eigenvalue weighted by Gasteiger charge is 2.31. The Kier molecular flexibility index (Phi) is 10.2. The third-order valence-corrected chi connectivity index (χ3v) is 7.89. The molecule has 194 valence electrons. The molecule has 4 nitrogen and oxygen atoms in total. The van der Waals surface area contributed by atoms with Gasteiger partial charge in [-0.05, 0) is 54.2 Å². The standard InChI is InChI=1S/C31H34BrClN2O2/c32-26-14-9-12-24(20-26)22-35(30(36)19-18-25-13-7-8-17-28(25)33)29(21-23-10-3-1-4-11-23)31(37)34-27-15-5-2-6-16-27/h1,3-4,7-14,17,20,27,29H,2,5-6,15-16,18-19,21-22H2,(H,34,37). The van der Waals surface area contributed by atoms with Gasteiger partial charge in [0.1, 0.15) is 6.04 Å². The third kappa shape index (κ3) is 8.18. The number of aryl methyl sites for hydroxylation is 1. The smallest absolute Gasteiger partial charge is 0.243 e. The summed E-state index contributed by atoms with van der Waals surface area (Å²) in [5.74, 6) is -0.128. The first-order valence-electron chi connectivity index (χ1n) is 13.1. The maximum absolute atomic E-state index is 13.8. The van der Waals surface area contributed by atoms with Gasteiger partial charge in [0, 0.05) is 34.9 Å². The van der Waals surface area contributed by atoms with E-state index < -0.39 is 6.04 Å². The molecular formula is C31H34BrClN2O2. The number of rotatable bonds is 10. The lowest BCUT2D eigenvalue weighted by Gasteiger charge is -2.33. The van der Waals surface area contributed by atoms with Crippen LogP contribution in [0.15, 0.2) is 83.3 Å². The van der Waals surface area contributed by atoms with Crippen molar-refractivity contribution >= 4 is 39.3 Å². The fraction of sp³-hybridized carbons (Fsp3) is 0.355. The average Bonchev–Trinajstić information content (AvgIpc) is 2.91. The van der Waals surface area contributed by atoms with Crippen LogP contribution in [0.4, 0.5) is 0 Å². The van der Waals surface area contributed by atoms with E-state index in [2.05, 4.69) is 21.2 Å². The van der Waals surface area contributed by atoms with Gasteiger partial charge in [-0.15, -0.1) is 0 Å². The number of amides is 2. The van der Waals surface area contributed by atoms with Gasteiger partial charge in [0.2, 0.25) is 11.8 Å². The number of hydrogen-bond acceptors (Lipinski definition) is 2. The first kappa shape index (κ1) is 27.4. The SMILES string of the molecule is O=C(NC1CCCCC1)C(Cc1ccccc1)N(Cc1cccc(Br)c1)C(=O)CCc1ccccc1Cl. The molecule has 3 aromatic carbocycles. The second kappa shape index (κ2) is 13.8. The molecule has 1 aliphatic rings. The van der Waals surface area contributed by atoms with E-state index in [-0.39, 0.29) is 24.3 Å². The van der Waals surface area contributed by atoms with Gasteiger partial charge in [0.25, 0.3) is 0 Å². The van der Waals surface area contributed by atoms with Crippen molar-refractivity contribution in [3.8, 4) is 0 Å². The van der Waals surface area contributed by atoms with Crippen LogP contribution in [0.3, 0.4) is 0 Å². The fourth-order valence-electron chi connectivity index (χ4n) is 5.02. The zero-order valence-electron chi connectivity index (χ0n) is 21.0. The zero-order valence-corrected chi connectivity index (χ0v) is 23.4. The molecule has 3 aromatic rings. The molecule has 0 heterocycles. The second-order valence-electron chi connectivity index (χ2n) is 9.79. The van der Waals surface area contributed by atoms with Crippen LogP contribution in [-0.4, -0.2) is 28.8 Å². The molecule has 1 aliphatic carbocycles. The predicted molar refractivity (Wildman–Crippen MR) is 153 cm³/mol. The molecule has 0 radical (unpaired) electrons. The molecule has 0 aromatic heterocycles. The Morgan fingerprint density at radius 2 is 1.62 bits per heavy atom. The van der Waals surface area contributed by atoms with Crippen molar-refractivity contribution in [1.82, 2.24) is 10.2 Å². The van der Waals surface area contributed by atoms with Crippen LogP contribution in [-0.2, 0) is 29.0 Å². The van der Waals surface area contributed by atoms with Crippen LogP contribution in [0.2, 0.25) is 5.02 Å². The Hall–Kier alpha value is -2.63. The lowest BCUT2D eigenvalue weighted by Crippen LogP contribution is -2.52. The van der Waals surface area contributed by atoms with Gasteiger partial charge in [-0.3, -0.25) is 9.59 Å². The largest absolute Gasteiger partial charge is 0.352 e. The Morgan fingerprint density at radius 1 is 0.919 bits per heavy atom. The average molecular weight is 582 g/mol. The molecule has 2 amide bonds. The van der Waals surface area contributed by atoms with Crippen molar-refractivity contribution in [1.29, 1.82) is 0 Å². The van der Waals surface area contributed by atoms with Gasteiger partial charge in [-0.2, -0.15) is 0 Å². The molecule has 1 fully saturated rings. The summed E-state index contributed by atoms with van der Waals surface area (Å²) >= 11 is 9.92. The molecule has 0 aliphatic heterocycles. The Morgan fingerprint density at radius 3 is 2.35 bits per heavy atom. The highest BCUT2D eigenvalue weighted by molar-refractivity contribution is 9.10. The van der Waals surface area contributed by atoms with Gasteiger partial charge < -0.3 is 10.2 Å². The lowest BCUT2D eigenvalue weighted by atomic mass is 9.94. The van der Waals surface area contributed by atoms with Crippen LogP contribution in [0, 0.1) is 0 Å². The van der Waals surface area contributed by atoms with Crippen molar-refractivity contribution in [3.05, 3.63) is 105 Å². The summed E-state index contributed by atoms with van der Waals surface area (Å²) in [6.07, 6.45) is 6.74. The van der Waals surface area contributed by atoms with E-state index in [1.54, 1.807) is 4.90 Å². The van der Waals surface area contributed by atoms with E-state index >= 15 is 0 Å². The molecule has 0 bridgehead atoms. The molecular weight excluding hydrogens is 548 g/mol. The number of carbonyl (C=O) groups excluding carboxylic acids is 2. The van der Waals surface area contributed by atoms with E-state index in [0.29, 0.717) is 24.4 Å². The molecule has 0 spiro atoms. The van der Waals surface area contributed by atoms with Gasteiger partial charge in [0.05, 0.1) is 0 Å². The first-order chi connectivity index (χ1) is 18.0. The van der Waals surface area contributed by atoms with E-state index in [1.165, 1.54) is 6.42 Å². The van der Waals surface area contributed by atoms with Gasteiger partial charge >= 0.3 is 0 Å². The maximum atomic E-state index is 13.8. The van der Waals surface area contributed by atoms with Crippen molar-refractivity contribution in [2.24, 2.45) is 0 Å². The number of nitrogens with zero attached hydrogens (tertiary/aromatic N) is 1. The van der Waals surface area contributed by atoms with Crippen molar-refractivity contribution in [3.63, 3.8) is 0 Å². The Balaban J connectivity index is 1.62. The van der Waals surface area contributed by atoms with Gasteiger partial charge in [0.15, 0.2) is 0 Å². The summed E-state index contributed by atoms with van der Waals surface area (Å²) in [5.41, 5.74) is 2.94. The van der Waals surface area contributed by atoms with E-state index in [9.17, 15) is 9.59 Å². The number of hydrogen-bond donors (Lipinski definition) is 1. The predicted octanol–water partition coefficient (Wildman–Crippen LogP) is 7.12. The van der Waals surface area contributed by atoms with Crippen molar-refractivity contribution in [2.75, 3.05) is 0 Å². The summed E-state index contributed by atoms with van der Waals surface area (Å²) in [6, 6.07) is 25.1. The van der Waals surface area contributed by atoms with Gasteiger partial charge in [-0.25, -0.2) is 0 Å². The summed E-state index contributed by atoms with van der Waals surface area (Å²) < 4.78 is 0.944. The maximum Gasteiger partial charge on any atom is 0.243 e. The lowest BCUT2D eigenvalue weighted by molar-refractivity contribution is -0.141. The summed E-state index contributed by atoms with van der Waals surface area (Å²) in [4.78, 5) is 29.4. The van der Waals surface area contributed by atoms with Crippen LogP contribution in [0.5, 0.6) is 0 Å².